The minimum Gasteiger partial charge on any atom is -0.481 e. The highest BCUT2D eigenvalue weighted by molar-refractivity contribution is 6.12. The second-order valence-electron chi connectivity index (χ2n) is 8.73. The molecule has 38 heavy (non-hydrogen) atoms. The Kier molecular flexibility index (Phi) is 8.98. The molecule has 0 atom stereocenters. The molecule has 2 aromatic heterocycles. The summed E-state index contributed by atoms with van der Waals surface area (Å²) < 4.78 is 0. The third-order valence-electron chi connectivity index (χ3n) is 6.17. The summed E-state index contributed by atoms with van der Waals surface area (Å²) in [5.41, 5.74) is 9.95. The van der Waals surface area contributed by atoms with Gasteiger partial charge >= 0.3 is 5.97 Å². The van der Waals surface area contributed by atoms with Gasteiger partial charge in [-0.2, -0.15) is 0 Å². The van der Waals surface area contributed by atoms with Crippen LogP contribution in [-0.4, -0.2) is 45.1 Å². The Bertz CT molecular complexity index is 1480. The van der Waals surface area contributed by atoms with Gasteiger partial charge in [0.25, 0.3) is 5.91 Å². The molecule has 2 aromatic carbocycles. The number of fused-ring (bicyclic) bond motifs is 1. The van der Waals surface area contributed by atoms with Gasteiger partial charge in [0, 0.05) is 58.8 Å². The van der Waals surface area contributed by atoms with Gasteiger partial charge in [0.2, 0.25) is 0 Å². The molecule has 0 bridgehead atoms. The summed E-state index contributed by atoms with van der Waals surface area (Å²) in [7, 11) is 0. The number of pyridine rings is 1. The van der Waals surface area contributed by atoms with Crippen molar-refractivity contribution in [1.29, 1.82) is 5.41 Å². The number of H-pyrrole nitrogens is 1. The molecule has 0 spiro atoms. The van der Waals surface area contributed by atoms with Gasteiger partial charge in [-0.1, -0.05) is 24.3 Å². The minimum absolute atomic E-state index is 0. The maximum Gasteiger partial charge on any atom is 0.305 e. The number of Topliss-reactive ketones (excluding diaryl/α,β-unsaturated/α-hetero) is 1. The maximum absolute atomic E-state index is 13.3. The lowest BCUT2D eigenvalue weighted by Crippen LogP contribution is -2.33. The fraction of sp³-hybridized carbons (Fsp3) is 0.179. The summed E-state index contributed by atoms with van der Waals surface area (Å²) in [5, 5.41) is 17.4. The van der Waals surface area contributed by atoms with Gasteiger partial charge in [0.1, 0.15) is 5.84 Å². The quantitative estimate of drug-likeness (QED) is 0.133. The number of carboxylic acid groups (broad SMARTS) is 1. The van der Waals surface area contributed by atoms with Gasteiger partial charge in [-0.3, -0.25) is 24.8 Å². The summed E-state index contributed by atoms with van der Waals surface area (Å²) in [6.07, 6.45) is 3.56. The van der Waals surface area contributed by atoms with Gasteiger partial charge in [0.15, 0.2) is 5.78 Å². The van der Waals surface area contributed by atoms with Crippen LogP contribution in [0.5, 0.6) is 0 Å². The van der Waals surface area contributed by atoms with Crippen LogP contribution in [0.4, 0.5) is 5.69 Å². The molecule has 10 heteroatoms. The molecule has 0 aliphatic carbocycles. The third-order valence-corrected chi connectivity index (χ3v) is 6.17. The van der Waals surface area contributed by atoms with Crippen LogP contribution in [0, 0.1) is 12.3 Å². The number of carbonyl (C=O) groups is 3. The lowest BCUT2D eigenvalue weighted by atomic mass is 9.99. The number of aryl methyl sites for hydroxylation is 2. The summed E-state index contributed by atoms with van der Waals surface area (Å²) in [5.74, 6) is -1.45. The van der Waals surface area contributed by atoms with Crippen molar-refractivity contribution >= 4 is 52.5 Å². The van der Waals surface area contributed by atoms with E-state index < -0.39 is 5.97 Å². The fourth-order valence-corrected chi connectivity index (χ4v) is 4.28. The highest BCUT2D eigenvalue weighted by atomic mass is 35.5. The summed E-state index contributed by atoms with van der Waals surface area (Å²) in [4.78, 5) is 46.5. The number of rotatable bonds is 10. The molecule has 5 N–H and O–H groups in total. The van der Waals surface area contributed by atoms with Crippen LogP contribution in [0.2, 0.25) is 0 Å². The van der Waals surface area contributed by atoms with Crippen LogP contribution in [0.3, 0.4) is 0 Å². The number of amidine groups is 1. The van der Waals surface area contributed by atoms with Crippen molar-refractivity contribution in [3.05, 3.63) is 94.9 Å². The van der Waals surface area contributed by atoms with E-state index in [9.17, 15) is 19.5 Å². The van der Waals surface area contributed by atoms with E-state index in [0.29, 0.717) is 34.2 Å². The molecule has 0 saturated heterocycles. The van der Waals surface area contributed by atoms with Crippen LogP contribution in [0.1, 0.15) is 50.4 Å². The van der Waals surface area contributed by atoms with Crippen LogP contribution >= 0.6 is 12.4 Å². The van der Waals surface area contributed by atoms with Crippen molar-refractivity contribution in [1.82, 2.24) is 9.97 Å². The maximum atomic E-state index is 13.3. The van der Waals surface area contributed by atoms with E-state index in [1.165, 1.54) is 11.1 Å². The van der Waals surface area contributed by atoms with Gasteiger partial charge in [-0.05, 0) is 49.2 Å². The Morgan fingerprint density at radius 2 is 1.79 bits per heavy atom. The van der Waals surface area contributed by atoms with Gasteiger partial charge in [0.05, 0.1) is 12.0 Å². The molecule has 196 valence electrons. The number of benzene rings is 2. The Labute approximate surface area is 225 Å². The van der Waals surface area contributed by atoms with Crippen molar-refractivity contribution < 1.29 is 19.5 Å². The molecular formula is C28H28ClN5O4. The normalized spacial score (nSPS) is 10.6. The lowest BCUT2D eigenvalue weighted by Gasteiger charge is -2.22. The first-order valence-corrected chi connectivity index (χ1v) is 11.8. The van der Waals surface area contributed by atoms with E-state index in [4.69, 9.17) is 11.1 Å². The standard InChI is InChI=1S/C28H27N5O4.ClH/c1-17-26(24(34)11-6-18-4-7-19(8-5-18)27(29)30)22-15-21(9-10-23(22)32-17)33(14-12-25(35)36)28(37)20-3-2-13-31-16-20;/h2-5,7-10,13,15-16,32H,6,11-12,14H2,1H3,(H3,29,30)(H,35,36);1H. The molecule has 0 unspecified atom stereocenters. The first kappa shape index (κ1) is 28.1. The molecule has 4 aromatic rings. The van der Waals surface area contributed by atoms with Gasteiger partial charge in [-0.15, -0.1) is 12.4 Å². The second kappa shape index (κ2) is 12.2. The van der Waals surface area contributed by atoms with Crippen molar-refractivity contribution in [2.24, 2.45) is 5.73 Å². The van der Waals surface area contributed by atoms with Crippen LogP contribution in [0.25, 0.3) is 10.9 Å². The number of nitrogens with zero attached hydrogens (tertiary/aromatic N) is 2. The number of hydrogen-bond donors (Lipinski definition) is 4. The van der Waals surface area contributed by atoms with Gasteiger partial charge < -0.3 is 20.7 Å². The van der Waals surface area contributed by atoms with E-state index >= 15 is 0 Å². The zero-order valence-corrected chi connectivity index (χ0v) is 21.5. The van der Waals surface area contributed by atoms with Crippen molar-refractivity contribution in [2.45, 2.75) is 26.2 Å². The van der Waals surface area contributed by atoms with Crippen molar-refractivity contribution in [3.8, 4) is 0 Å². The van der Waals surface area contributed by atoms with E-state index in [1.54, 1.807) is 48.7 Å². The molecule has 0 radical (unpaired) electrons. The molecule has 2 heterocycles. The summed E-state index contributed by atoms with van der Waals surface area (Å²) in [6, 6.07) is 15.8. The highest BCUT2D eigenvalue weighted by Crippen LogP contribution is 2.29. The van der Waals surface area contributed by atoms with Crippen LogP contribution in [0.15, 0.2) is 67.0 Å². The monoisotopic (exact) mass is 533 g/mol. The molecule has 0 aliphatic rings. The number of ketones is 1. The van der Waals surface area contributed by atoms with Crippen molar-refractivity contribution in [2.75, 3.05) is 11.4 Å². The number of amides is 1. The average Bonchev–Trinajstić information content (AvgIpc) is 3.23. The smallest absolute Gasteiger partial charge is 0.305 e. The first-order chi connectivity index (χ1) is 17.7. The number of hydrogen-bond acceptors (Lipinski definition) is 5. The number of aliphatic carboxylic acids is 1. The Morgan fingerprint density at radius 3 is 2.42 bits per heavy atom. The number of halogens is 1. The molecule has 9 nitrogen and oxygen atoms in total. The Balaban J connectivity index is 0.00000400. The van der Waals surface area contributed by atoms with Gasteiger partial charge in [-0.25, -0.2) is 0 Å². The Morgan fingerprint density at radius 1 is 1.05 bits per heavy atom. The number of nitrogens with two attached hydrogens (primary N) is 1. The van der Waals surface area contributed by atoms with E-state index in [0.717, 1.165) is 16.8 Å². The third kappa shape index (κ3) is 6.24. The first-order valence-electron chi connectivity index (χ1n) is 11.8. The zero-order valence-electron chi connectivity index (χ0n) is 20.7. The van der Waals surface area contributed by atoms with Crippen molar-refractivity contribution in [3.63, 3.8) is 0 Å². The number of aromatic amines is 1. The number of aromatic nitrogens is 2. The number of carboxylic acids is 1. The molecular weight excluding hydrogens is 506 g/mol. The topological polar surface area (TPSA) is 153 Å². The molecule has 0 fully saturated rings. The van der Waals surface area contributed by atoms with Crippen LogP contribution in [-0.2, 0) is 11.2 Å². The van der Waals surface area contributed by atoms with E-state index in [2.05, 4.69) is 9.97 Å². The average molecular weight is 534 g/mol. The zero-order chi connectivity index (χ0) is 26.5. The SMILES string of the molecule is Cc1[nH]c2ccc(N(CCC(=O)O)C(=O)c3cccnc3)cc2c1C(=O)CCc1ccc(C(=N)N)cc1.Cl. The number of nitrogen functional groups attached to an aromatic ring is 1. The summed E-state index contributed by atoms with van der Waals surface area (Å²) >= 11 is 0. The largest absolute Gasteiger partial charge is 0.481 e. The minimum atomic E-state index is -1.02. The van der Waals surface area contributed by atoms with Crippen LogP contribution < -0.4 is 10.6 Å². The van der Waals surface area contributed by atoms with E-state index in [1.807, 2.05) is 19.1 Å². The lowest BCUT2D eigenvalue weighted by molar-refractivity contribution is -0.136. The predicted molar refractivity (Wildman–Crippen MR) is 149 cm³/mol. The molecule has 0 aliphatic heterocycles. The number of nitrogens with one attached hydrogen (secondary N) is 2. The summed E-state index contributed by atoms with van der Waals surface area (Å²) in [6.45, 7) is 1.80. The number of carbonyl (C=O) groups excluding carboxylic acids is 2. The Hall–Kier alpha value is -4.50. The second-order valence-corrected chi connectivity index (χ2v) is 8.73. The fourth-order valence-electron chi connectivity index (χ4n) is 4.28. The molecule has 4 rings (SSSR count). The molecule has 0 saturated carbocycles. The van der Waals surface area contributed by atoms with E-state index in [-0.39, 0.29) is 49.3 Å². The highest BCUT2D eigenvalue weighted by Gasteiger charge is 2.22. The number of anilines is 1. The predicted octanol–water partition coefficient (Wildman–Crippen LogP) is 4.51. The molecule has 1 amide bonds.